The number of fused-ring (bicyclic) bond motifs is 2. The lowest BCUT2D eigenvalue weighted by atomic mass is 9.81. The largest absolute Gasteiger partial charge is 0.383 e. The molecule has 2 aliphatic rings. The summed E-state index contributed by atoms with van der Waals surface area (Å²) in [4.78, 5) is 32.6. The van der Waals surface area contributed by atoms with Gasteiger partial charge in [-0.15, -0.1) is 0 Å². The van der Waals surface area contributed by atoms with Gasteiger partial charge in [-0.25, -0.2) is 4.98 Å². The second-order valence-electron chi connectivity index (χ2n) is 6.97. The molecule has 134 valence electrons. The zero-order valence-corrected chi connectivity index (χ0v) is 14.4. The Balaban J connectivity index is 1.64. The van der Waals surface area contributed by atoms with Crippen molar-refractivity contribution < 1.29 is 9.59 Å². The van der Waals surface area contributed by atoms with Gasteiger partial charge in [0.15, 0.2) is 0 Å². The first-order valence-electron chi connectivity index (χ1n) is 8.63. The molecule has 0 bridgehead atoms. The van der Waals surface area contributed by atoms with E-state index >= 15 is 0 Å². The molecule has 1 unspecified atom stereocenters. The summed E-state index contributed by atoms with van der Waals surface area (Å²) in [5.41, 5.74) is 13.4. The van der Waals surface area contributed by atoms with Crippen molar-refractivity contribution in [2.24, 2.45) is 5.73 Å². The fourth-order valence-corrected chi connectivity index (χ4v) is 4.15. The molecule has 0 saturated carbocycles. The van der Waals surface area contributed by atoms with Crippen molar-refractivity contribution in [3.63, 3.8) is 0 Å². The molecule has 0 aliphatic carbocycles. The van der Waals surface area contributed by atoms with Crippen molar-refractivity contribution in [3.8, 4) is 0 Å². The third kappa shape index (κ3) is 2.52. The van der Waals surface area contributed by atoms with E-state index in [-0.39, 0.29) is 12.5 Å². The number of primary amides is 1. The van der Waals surface area contributed by atoms with Crippen LogP contribution in [0.1, 0.15) is 17.5 Å². The first kappa shape index (κ1) is 16.5. The Hall–Kier alpha value is -2.93. The molecule has 7 heteroatoms. The SMILES string of the molecule is NC(=O)CN1C(=O)C2(CCN(Cc3cccnc3N)C2)c2ccccc21. The van der Waals surface area contributed by atoms with E-state index in [1.807, 2.05) is 36.4 Å². The second-order valence-corrected chi connectivity index (χ2v) is 6.97. The topological polar surface area (TPSA) is 106 Å². The van der Waals surface area contributed by atoms with Crippen LogP contribution in [0.3, 0.4) is 0 Å². The van der Waals surface area contributed by atoms with Gasteiger partial charge >= 0.3 is 0 Å². The minimum Gasteiger partial charge on any atom is -0.383 e. The molecule has 3 heterocycles. The number of para-hydroxylation sites is 1. The van der Waals surface area contributed by atoms with Crippen molar-refractivity contribution >= 4 is 23.3 Å². The summed E-state index contributed by atoms with van der Waals surface area (Å²) < 4.78 is 0. The standard InChI is InChI=1S/C19H21N5O2/c20-16(25)11-24-15-6-2-1-5-14(15)19(18(24)26)7-9-23(12-19)10-13-4-3-8-22-17(13)21/h1-6,8H,7,9-12H2,(H2,20,25)(H2,21,22). The van der Waals surface area contributed by atoms with Gasteiger partial charge in [-0.05, 0) is 30.7 Å². The number of carbonyl (C=O) groups is 2. The van der Waals surface area contributed by atoms with E-state index in [1.165, 1.54) is 4.90 Å². The molecule has 1 saturated heterocycles. The second kappa shape index (κ2) is 6.10. The Morgan fingerprint density at radius 1 is 1.23 bits per heavy atom. The molecule has 1 atom stereocenters. The maximum absolute atomic E-state index is 13.2. The minimum absolute atomic E-state index is 0.0424. The Morgan fingerprint density at radius 3 is 2.81 bits per heavy atom. The van der Waals surface area contributed by atoms with Crippen LogP contribution in [0.4, 0.5) is 11.5 Å². The molecule has 2 aliphatic heterocycles. The van der Waals surface area contributed by atoms with Crippen molar-refractivity contribution in [2.45, 2.75) is 18.4 Å². The van der Waals surface area contributed by atoms with Gasteiger partial charge in [-0.1, -0.05) is 24.3 Å². The van der Waals surface area contributed by atoms with E-state index in [0.29, 0.717) is 25.3 Å². The van der Waals surface area contributed by atoms with E-state index in [1.54, 1.807) is 6.20 Å². The van der Waals surface area contributed by atoms with Gasteiger partial charge in [0, 0.05) is 30.5 Å². The number of nitrogens with zero attached hydrogens (tertiary/aromatic N) is 3. The van der Waals surface area contributed by atoms with E-state index in [9.17, 15) is 9.59 Å². The van der Waals surface area contributed by atoms with Crippen molar-refractivity contribution in [2.75, 3.05) is 30.3 Å². The monoisotopic (exact) mass is 351 g/mol. The Kier molecular flexibility index (Phi) is 3.88. The highest BCUT2D eigenvalue weighted by Crippen LogP contribution is 2.47. The van der Waals surface area contributed by atoms with Crippen LogP contribution < -0.4 is 16.4 Å². The van der Waals surface area contributed by atoms with Gasteiger partial charge in [0.2, 0.25) is 11.8 Å². The van der Waals surface area contributed by atoms with Crippen LogP contribution in [0, 0.1) is 0 Å². The number of rotatable bonds is 4. The predicted molar refractivity (Wildman–Crippen MR) is 98.2 cm³/mol. The summed E-state index contributed by atoms with van der Waals surface area (Å²) in [5, 5.41) is 0. The number of likely N-dealkylation sites (tertiary alicyclic amines) is 1. The van der Waals surface area contributed by atoms with E-state index in [2.05, 4.69) is 9.88 Å². The molecule has 4 N–H and O–H groups in total. The van der Waals surface area contributed by atoms with Gasteiger partial charge in [0.05, 0.1) is 5.41 Å². The van der Waals surface area contributed by atoms with E-state index < -0.39 is 11.3 Å². The first-order chi connectivity index (χ1) is 12.5. The molecule has 7 nitrogen and oxygen atoms in total. The summed E-state index contributed by atoms with van der Waals surface area (Å²) in [6.07, 6.45) is 2.38. The van der Waals surface area contributed by atoms with Crippen LogP contribution >= 0.6 is 0 Å². The Labute approximate surface area is 151 Å². The fraction of sp³-hybridized carbons (Fsp3) is 0.316. The van der Waals surface area contributed by atoms with Crippen molar-refractivity contribution in [3.05, 3.63) is 53.7 Å². The van der Waals surface area contributed by atoms with Crippen LogP contribution in [0.5, 0.6) is 0 Å². The summed E-state index contributed by atoms with van der Waals surface area (Å²) >= 11 is 0. The molecule has 0 radical (unpaired) electrons. The molecular weight excluding hydrogens is 330 g/mol. The highest BCUT2D eigenvalue weighted by molar-refractivity contribution is 6.11. The smallest absolute Gasteiger partial charge is 0.239 e. The summed E-state index contributed by atoms with van der Waals surface area (Å²) in [5.74, 6) is -0.0377. The Bertz CT molecular complexity index is 884. The Morgan fingerprint density at radius 2 is 2.04 bits per heavy atom. The number of amides is 2. The van der Waals surface area contributed by atoms with Crippen LogP contribution in [0.2, 0.25) is 0 Å². The number of anilines is 2. The molecule has 1 fully saturated rings. The normalized spacial score (nSPS) is 22.2. The highest BCUT2D eigenvalue weighted by atomic mass is 16.2. The average molecular weight is 351 g/mol. The zero-order chi connectivity index (χ0) is 18.3. The maximum Gasteiger partial charge on any atom is 0.239 e. The van der Waals surface area contributed by atoms with Crippen molar-refractivity contribution in [1.82, 2.24) is 9.88 Å². The maximum atomic E-state index is 13.2. The molecule has 2 aromatic rings. The van der Waals surface area contributed by atoms with Crippen LogP contribution in [-0.4, -0.2) is 41.3 Å². The molecular formula is C19H21N5O2. The lowest BCUT2D eigenvalue weighted by Crippen LogP contribution is -2.45. The highest BCUT2D eigenvalue weighted by Gasteiger charge is 2.54. The van der Waals surface area contributed by atoms with Gasteiger partial charge in [-0.2, -0.15) is 0 Å². The molecule has 1 aromatic carbocycles. The zero-order valence-electron chi connectivity index (χ0n) is 14.4. The molecule has 2 amide bonds. The summed E-state index contributed by atoms with van der Waals surface area (Å²) in [6, 6.07) is 11.5. The number of hydrogen-bond donors (Lipinski definition) is 2. The predicted octanol–water partition coefficient (Wildman–Crippen LogP) is 0.639. The fourth-order valence-electron chi connectivity index (χ4n) is 4.15. The van der Waals surface area contributed by atoms with E-state index in [0.717, 1.165) is 23.4 Å². The van der Waals surface area contributed by atoms with Gasteiger partial charge < -0.3 is 16.4 Å². The van der Waals surface area contributed by atoms with Crippen molar-refractivity contribution in [1.29, 1.82) is 0 Å². The van der Waals surface area contributed by atoms with Gasteiger partial charge in [0.1, 0.15) is 12.4 Å². The number of pyridine rings is 1. The van der Waals surface area contributed by atoms with Crippen LogP contribution in [0.25, 0.3) is 0 Å². The van der Waals surface area contributed by atoms with Crippen LogP contribution in [-0.2, 0) is 21.5 Å². The van der Waals surface area contributed by atoms with Crippen LogP contribution in [0.15, 0.2) is 42.6 Å². The number of nitrogens with two attached hydrogens (primary N) is 2. The lowest BCUT2D eigenvalue weighted by Gasteiger charge is -2.24. The number of benzene rings is 1. The van der Waals surface area contributed by atoms with Gasteiger partial charge in [0.25, 0.3) is 0 Å². The average Bonchev–Trinajstić information content (AvgIpc) is 3.14. The molecule has 1 aromatic heterocycles. The summed E-state index contributed by atoms with van der Waals surface area (Å²) in [7, 11) is 0. The number of hydrogen-bond acceptors (Lipinski definition) is 5. The van der Waals surface area contributed by atoms with Gasteiger partial charge in [-0.3, -0.25) is 14.5 Å². The summed E-state index contributed by atoms with van der Waals surface area (Å²) in [6.45, 7) is 1.92. The quantitative estimate of drug-likeness (QED) is 0.841. The lowest BCUT2D eigenvalue weighted by molar-refractivity contribution is -0.125. The number of carbonyl (C=O) groups excluding carboxylic acids is 2. The molecule has 1 spiro atoms. The first-order valence-corrected chi connectivity index (χ1v) is 8.63. The third-order valence-electron chi connectivity index (χ3n) is 5.35. The van der Waals surface area contributed by atoms with E-state index in [4.69, 9.17) is 11.5 Å². The number of nitrogen functional groups attached to an aromatic ring is 1. The molecule has 4 rings (SSSR count). The minimum atomic E-state index is -0.622. The third-order valence-corrected chi connectivity index (χ3v) is 5.35. The number of aromatic nitrogens is 1. The molecule has 26 heavy (non-hydrogen) atoms.